The summed E-state index contributed by atoms with van der Waals surface area (Å²) in [6.45, 7) is 6.36. The van der Waals surface area contributed by atoms with Crippen molar-refractivity contribution in [3.05, 3.63) is 77.9 Å². The average molecular weight is 639 g/mol. The van der Waals surface area contributed by atoms with E-state index in [0.29, 0.717) is 23.8 Å². The fourth-order valence-electron chi connectivity index (χ4n) is 7.57. The summed E-state index contributed by atoms with van der Waals surface area (Å²) in [5, 5.41) is 0.919. The van der Waals surface area contributed by atoms with Gasteiger partial charge in [-0.3, -0.25) is 14.6 Å². The Morgan fingerprint density at radius 3 is 2.28 bits per heavy atom. The van der Waals surface area contributed by atoms with Crippen LogP contribution >= 0.6 is 11.3 Å². The van der Waals surface area contributed by atoms with Gasteiger partial charge in [0.05, 0.1) is 11.8 Å². The molecule has 7 rings (SSSR count). The van der Waals surface area contributed by atoms with E-state index in [0.717, 1.165) is 50.7 Å². The topological polar surface area (TPSA) is 51.2 Å². The van der Waals surface area contributed by atoms with Crippen LogP contribution in [0, 0.1) is 0 Å². The number of hydrogen-bond donors (Lipinski definition) is 0. The number of methoxy groups -OCH3 is 1. The second-order valence-corrected chi connectivity index (χ2v) is 14.0. The number of ether oxygens (including phenoxy) is 3. The maximum Gasteiger partial charge on any atom is 0.195 e. The molecule has 2 aliphatic heterocycles. The molecule has 0 unspecified atom stereocenters. The molecule has 0 amide bonds. The summed E-state index contributed by atoms with van der Waals surface area (Å²) in [7, 11) is 1.69. The molecule has 2 saturated heterocycles. The molecular formula is C39H46N2O4S. The number of ketones is 1. The number of benzene rings is 3. The minimum Gasteiger partial charge on any atom is -0.495 e. The van der Waals surface area contributed by atoms with E-state index in [-0.39, 0.29) is 11.9 Å². The van der Waals surface area contributed by atoms with E-state index in [1.807, 2.05) is 54.6 Å². The van der Waals surface area contributed by atoms with E-state index >= 15 is 0 Å². The molecule has 46 heavy (non-hydrogen) atoms. The van der Waals surface area contributed by atoms with Gasteiger partial charge in [-0.2, -0.15) is 0 Å². The third kappa shape index (κ3) is 6.83. The molecule has 3 aromatic carbocycles. The Balaban J connectivity index is 1.11. The van der Waals surface area contributed by atoms with Crippen LogP contribution in [-0.2, 0) is 0 Å². The first kappa shape index (κ1) is 31.2. The molecule has 0 bridgehead atoms. The number of rotatable bonds is 11. The molecule has 1 aliphatic carbocycles. The zero-order valence-electron chi connectivity index (χ0n) is 27.0. The van der Waals surface area contributed by atoms with E-state index in [2.05, 4.69) is 21.9 Å². The van der Waals surface area contributed by atoms with Crippen molar-refractivity contribution in [2.24, 2.45) is 0 Å². The lowest BCUT2D eigenvalue weighted by Gasteiger charge is -2.41. The number of nitrogens with zero attached hydrogens (tertiary/aromatic N) is 2. The van der Waals surface area contributed by atoms with Crippen LogP contribution in [0.1, 0.15) is 73.7 Å². The summed E-state index contributed by atoms with van der Waals surface area (Å²) >= 11 is 1.61. The highest BCUT2D eigenvalue weighted by Gasteiger charge is 2.32. The number of fused-ring (bicyclic) bond motifs is 1. The van der Waals surface area contributed by atoms with Gasteiger partial charge in [0.2, 0.25) is 0 Å². The van der Waals surface area contributed by atoms with Gasteiger partial charge in [-0.1, -0.05) is 25.0 Å². The summed E-state index contributed by atoms with van der Waals surface area (Å²) in [4.78, 5) is 20.4. The molecule has 0 radical (unpaired) electrons. The first-order valence-electron chi connectivity index (χ1n) is 17.3. The second kappa shape index (κ2) is 14.6. The summed E-state index contributed by atoms with van der Waals surface area (Å²) in [5.74, 6) is 2.49. The third-order valence-corrected chi connectivity index (χ3v) is 11.3. The summed E-state index contributed by atoms with van der Waals surface area (Å²) in [6.07, 6.45) is 11.5. The first-order valence-corrected chi connectivity index (χ1v) is 18.1. The van der Waals surface area contributed by atoms with Gasteiger partial charge >= 0.3 is 0 Å². The van der Waals surface area contributed by atoms with Crippen LogP contribution in [0.25, 0.3) is 20.5 Å². The fraction of sp³-hybridized carbons (Fsp3) is 0.462. The van der Waals surface area contributed by atoms with Gasteiger partial charge in [-0.25, -0.2) is 0 Å². The van der Waals surface area contributed by atoms with E-state index < -0.39 is 0 Å². The van der Waals surface area contributed by atoms with Crippen molar-refractivity contribution < 1.29 is 19.0 Å². The Morgan fingerprint density at radius 2 is 1.52 bits per heavy atom. The first-order chi connectivity index (χ1) is 22.7. The van der Waals surface area contributed by atoms with Crippen LogP contribution in [0.3, 0.4) is 0 Å². The number of piperidine rings is 1. The van der Waals surface area contributed by atoms with Crippen LogP contribution in [0.4, 0.5) is 0 Å². The lowest BCUT2D eigenvalue weighted by molar-refractivity contribution is 0.0261. The smallest absolute Gasteiger partial charge is 0.195 e. The van der Waals surface area contributed by atoms with E-state index in [9.17, 15) is 4.79 Å². The van der Waals surface area contributed by atoms with Crippen molar-refractivity contribution in [2.75, 3.05) is 46.4 Å². The number of likely N-dealkylation sites (tertiary alicyclic amines) is 2. The molecule has 2 atom stereocenters. The van der Waals surface area contributed by atoms with Crippen molar-refractivity contribution in [1.29, 1.82) is 0 Å². The van der Waals surface area contributed by atoms with E-state index in [1.54, 1.807) is 18.4 Å². The molecule has 3 aliphatic rings. The molecular weight excluding hydrogens is 593 g/mol. The predicted octanol–water partition coefficient (Wildman–Crippen LogP) is 8.46. The van der Waals surface area contributed by atoms with Crippen LogP contribution in [0.15, 0.2) is 66.7 Å². The van der Waals surface area contributed by atoms with Crippen molar-refractivity contribution in [3.8, 4) is 27.7 Å². The predicted molar refractivity (Wildman–Crippen MR) is 187 cm³/mol. The second-order valence-electron chi connectivity index (χ2n) is 13.0. The molecule has 0 spiro atoms. The molecule has 3 heterocycles. The van der Waals surface area contributed by atoms with Gasteiger partial charge in [0, 0.05) is 34.0 Å². The van der Waals surface area contributed by atoms with Crippen molar-refractivity contribution in [1.82, 2.24) is 9.80 Å². The monoisotopic (exact) mass is 638 g/mol. The largest absolute Gasteiger partial charge is 0.495 e. The molecule has 4 aromatic rings. The maximum absolute atomic E-state index is 14.3. The lowest BCUT2D eigenvalue weighted by Crippen LogP contribution is -2.49. The molecule has 6 nitrogen and oxygen atoms in total. The Morgan fingerprint density at radius 1 is 0.804 bits per heavy atom. The summed E-state index contributed by atoms with van der Waals surface area (Å²) in [6, 6.07) is 22.5. The molecule has 7 heteroatoms. The molecule has 1 saturated carbocycles. The molecule has 1 aromatic heterocycles. The van der Waals surface area contributed by atoms with Crippen molar-refractivity contribution >= 4 is 27.2 Å². The fourth-order valence-corrected chi connectivity index (χ4v) is 8.87. The molecule has 242 valence electrons. The lowest BCUT2D eigenvalue weighted by atomic mass is 9.90. The minimum atomic E-state index is 0.0100. The number of carbonyl (C=O) groups is 1. The zero-order chi connectivity index (χ0) is 31.3. The summed E-state index contributed by atoms with van der Waals surface area (Å²) in [5.41, 5.74) is 2.38. The molecule has 3 fully saturated rings. The van der Waals surface area contributed by atoms with Gasteiger partial charge in [-0.15, -0.1) is 11.3 Å². The Bertz CT molecular complexity index is 1600. The third-order valence-electron chi connectivity index (χ3n) is 10.0. The van der Waals surface area contributed by atoms with E-state index in [1.165, 1.54) is 77.5 Å². The quantitative estimate of drug-likeness (QED) is 0.154. The number of carbonyl (C=O) groups excluding carboxylic acids is 1. The van der Waals surface area contributed by atoms with Gasteiger partial charge in [0.15, 0.2) is 5.78 Å². The number of thiophene rings is 1. The SMILES string of the molecule is COc1cccc2c(C(=O)c3ccc(O[C@@H]4CCCC[C@H]4N4CCCCC4)cc3)c(-c3ccc(OCCN4CCCC4)cc3)sc12. The molecule has 0 N–H and O–H groups in total. The van der Waals surface area contributed by atoms with Gasteiger partial charge in [0.25, 0.3) is 0 Å². The summed E-state index contributed by atoms with van der Waals surface area (Å²) < 4.78 is 19.4. The van der Waals surface area contributed by atoms with E-state index in [4.69, 9.17) is 14.2 Å². The maximum atomic E-state index is 14.3. The van der Waals surface area contributed by atoms with Crippen molar-refractivity contribution in [2.45, 2.75) is 69.9 Å². The Kier molecular flexibility index (Phi) is 9.89. The Hall–Kier alpha value is -3.39. The van der Waals surface area contributed by atoms with Gasteiger partial charge in [0.1, 0.15) is 30.0 Å². The van der Waals surface area contributed by atoms with Crippen LogP contribution in [0.2, 0.25) is 0 Å². The van der Waals surface area contributed by atoms with Crippen LogP contribution < -0.4 is 14.2 Å². The Labute approximate surface area is 277 Å². The highest BCUT2D eigenvalue weighted by Crippen LogP contribution is 2.44. The van der Waals surface area contributed by atoms with Crippen LogP contribution in [0.5, 0.6) is 17.2 Å². The average Bonchev–Trinajstić information content (AvgIpc) is 3.78. The van der Waals surface area contributed by atoms with Crippen molar-refractivity contribution in [3.63, 3.8) is 0 Å². The normalized spacial score (nSPS) is 21.0. The van der Waals surface area contributed by atoms with Crippen LogP contribution in [-0.4, -0.2) is 74.2 Å². The van der Waals surface area contributed by atoms with Gasteiger partial charge in [-0.05, 0) is 131 Å². The zero-order valence-corrected chi connectivity index (χ0v) is 27.9. The highest BCUT2D eigenvalue weighted by molar-refractivity contribution is 7.23. The standard InChI is InChI=1S/C39H46N2O4S/c1-43-35-13-9-10-32-36(38(46-39(32)35)29-16-18-30(19-17-29)44-27-26-40-22-7-8-23-40)37(42)28-14-20-31(21-15-28)45-34-12-4-3-11-33(34)41-24-5-2-6-25-41/h9-10,13-21,33-34H,2-8,11-12,22-27H2,1H3/t33-,34-/m1/s1. The van der Waals surface area contributed by atoms with Gasteiger partial charge < -0.3 is 14.2 Å². The number of hydrogen-bond acceptors (Lipinski definition) is 7. The highest BCUT2D eigenvalue weighted by atomic mass is 32.1. The minimum absolute atomic E-state index is 0.0100.